The predicted octanol–water partition coefficient (Wildman–Crippen LogP) is 2.00. The summed E-state index contributed by atoms with van der Waals surface area (Å²) in [7, 11) is 1.89. The van der Waals surface area contributed by atoms with Gasteiger partial charge in [0, 0.05) is 50.2 Å². The fourth-order valence-electron chi connectivity index (χ4n) is 2.73. The molecule has 0 bridgehead atoms. The van der Waals surface area contributed by atoms with Gasteiger partial charge in [0.25, 0.3) is 0 Å². The van der Waals surface area contributed by atoms with E-state index in [-0.39, 0.29) is 0 Å². The maximum Gasteiger partial charge on any atom is 0.225 e. The van der Waals surface area contributed by atoms with Gasteiger partial charge in [0.05, 0.1) is 0 Å². The lowest BCUT2D eigenvalue weighted by Gasteiger charge is -2.32. The van der Waals surface area contributed by atoms with Crippen LogP contribution in [-0.4, -0.2) is 40.1 Å². The smallest absolute Gasteiger partial charge is 0.225 e. The number of hydrogen-bond donors (Lipinski definition) is 1. The van der Waals surface area contributed by atoms with Crippen molar-refractivity contribution in [1.82, 2.24) is 19.9 Å². The van der Waals surface area contributed by atoms with E-state index in [9.17, 15) is 0 Å². The molecular formula is C15H20N6. The van der Waals surface area contributed by atoms with Crippen LogP contribution in [0, 0.1) is 6.92 Å². The standard InChI is InChI=1S/C15H20N6/c1-11-9-13(16-2)20-14(19-11)12-5-3-8-21(10-12)15-17-6-4-7-18-15/h4,6-7,9,12H,3,5,8,10H2,1-2H3,(H,16,19,20)/t12-/m1/s1. The van der Waals surface area contributed by atoms with Gasteiger partial charge < -0.3 is 10.2 Å². The summed E-state index contributed by atoms with van der Waals surface area (Å²) in [5.74, 6) is 2.92. The second-order valence-electron chi connectivity index (χ2n) is 5.34. The molecule has 21 heavy (non-hydrogen) atoms. The van der Waals surface area contributed by atoms with E-state index in [1.165, 1.54) is 0 Å². The Morgan fingerprint density at radius 3 is 2.81 bits per heavy atom. The molecule has 1 N–H and O–H groups in total. The van der Waals surface area contributed by atoms with E-state index < -0.39 is 0 Å². The van der Waals surface area contributed by atoms with Gasteiger partial charge in [-0.05, 0) is 25.8 Å². The van der Waals surface area contributed by atoms with Crippen molar-refractivity contribution >= 4 is 11.8 Å². The van der Waals surface area contributed by atoms with Crippen molar-refractivity contribution < 1.29 is 0 Å². The van der Waals surface area contributed by atoms with Crippen LogP contribution in [0.4, 0.5) is 11.8 Å². The highest BCUT2D eigenvalue weighted by Gasteiger charge is 2.25. The molecule has 1 aliphatic rings. The van der Waals surface area contributed by atoms with Crippen LogP contribution in [-0.2, 0) is 0 Å². The van der Waals surface area contributed by atoms with Gasteiger partial charge >= 0.3 is 0 Å². The summed E-state index contributed by atoms with van der Waals surface area (Å²) in [6, 6.07) is 3.80. The van der Waals surface area contributed by atoms with Crippen LogP contribution < -0.4 is 10.2 Å². The predicted molar refractivity (Wildman–Crippen MR) is 82.5 cm³/mol. The van der Waals surface area contributed by atoms with Gasteiger partial charge in [0.2, 0.25) is 5.95 Å². The molecule has 0 saturated carbocycles. The molecule has 1 saturated heterocycles. The molecule has 110 valence electrons. The first-order valence-corrected chi connectivity index (χ1v) is 7.31. The Morgan fingerprint density at radius 1 is 1.24 bits per heavy atom. The number of piperidine rings is 1. The van der Waals surface area contributed by atoms with E-state index in [2.05, 4.69) is 30.2 Å². The summed E-state index contributed by atoms with van der Waals surface area (Å²) in [6.07, 6.45) is 5.79. The maximum absolute atomic E-state index is 4.61. The molecule has 0 aliphatic carbocycles. The largest absolute Gasteiger partial charge is 0.373 e. The lowest BCUT2D eigenvalue weighted by Crippen LogP contribution is -2.36. The van der Waals surface area contributed by atoms with Crippen LogP contribution in [0.15, 0.2) is 24.5 Å². The van der Waals surface area contributed by atoms with Crippen LogP contribution in [0.1, 0.15) is 30.3 Å². The summed E-state index contributed by atoms with van der Waals surface area (Å²) in [4.78, 5) is 20.1. The molecule has 3 heterocycles. The fourth-order valence-corrected chi connectivity index (χ4v) is 2.73. The van der Waals surface area contributed by atoms with Crippen LogP contribution in [0.2, 0.25) is 0 Å². The Labute approximate surface area is 124 Å². The molecule has 6 heteroatoms. The van der Waals surface area contributed by atoms with Gasteiger partial charge in [-0.2, -0.15) is 0 Å². The zero-order valence-electron chi connectivity index (χ0n) is 12.5. The molecule has 0 amide bonds. The first-order chi connectivity index (χ1) is 10.3. The summed E-state index contributed by atoms with van der Waals surface area (Å²) in [5, 5.41) is 3.10. The van der Waals surface area contributed by atoms with Crippen LogP contribution in [0.5, 0.6) is 0 Å². The van der Waals surface area contributed by atoms with E-state index in [0.717, 1.165) is 49.2 Å². The van der Waals surface area contributed by atoms with Gasteiger partial charge in [0.1, 0.15) is 11.6 Å². The molecule has 6 nitrogen and oxygen atoms in total. The Hall–Kier alpha value is -2.24. The van der Waals surface area contributed by atoms with Gasteiger partial charge in [-0.1, -0.05) is 0 Å². The summed E-state index contributed by atoms with van der Waals surface area (Å²) >= 11 is 0. The van der Waals surface area contributed by atoms with E-state index in [1.807, 2.05) is 26.1 Å². The molecule has 1 fully saturated rings. The first kappa shape index (κ1) is 13.7. The minimum atomic E-state index is 0.328. The summed E-state index contributed by atoms with van der Waals surface area (Å²) < 4.78 is 0. The Kier molecular flexibility index (Phi) is 3.94. The molecule has 2 aromatic heterocycles. The van der Waals surface area contributed by atoms with Crippen LogP contribution in [0.3, 0.4) is 0 Å². The molecule has 0 aromatic carbocycles. The van der Waals surface area contributed by atoms with Crippen molar-refractivity contribution in [1.29, 1.82) is 0 Å². The van der Waals surface area contributed by atoms with Crippen LogP contribution >= 0.6 is 0 Å². The molecule has 2 aromatic rings. The average molecular weight is 284 g/mol. The molecule has 0 unspecified atom stereocenters. The zero-order chi connectivity index (χ0) is 14.7. The second kappa shape index (κ2) is 6.03. The minimum absolute atomic E-state index is 0.328. The van der Waals surface area contributed by atoms with E-state index in [0.29, 0.717) is 5.92 Å². The van der Waals surface area contributed by atoms with Gasteiger partial charge in [-0.15, -0.1) is 0 Å². The van der Waals surface area contributed by atoms with Crippen molar-refractivity contribution in [3.63, 3.8) is 0 Å². The zero-order valence-corrected chi connectivity index (χ0v) is 12.5. The average Bonchev–Trinajstić information content (AvgIpc) is 2.55. The number of nitrogens with zero attached hydrogens (tertiary/aromatic N) is 5. The Balaban J connectivity index is 1.81. The normalized spacial score (nSPS) is 18.6. The third-order valence-electron chi connectivity index (χ3n) is 3.75. The monoisotopic (exact) mass is 284 g/mol. The highest BCUT2D eigenvalue weighted by molar-refractivity contribution is 5.36. The maximum atomic E-state index is 4.61. The lowest BCUT2D eigenvalue weighted by molar-refractivity contribution is 0.485. The van der Waals surface area contributed by atoms with E-state index in [4.69, 9.17) is 0 Å². The van der Waals surface area contributed by atoms with Gasteiger partial charge in [-0.25, -0.2) is 19.9 Å². The number of rotatable bonds is 3. The number of anilines is 2. The Bertz CT molecular complexity index is 600. The summed E-state index contributed by atoms with van der Waals surface area (Å²) in [6.45, 7) is 3.87. The number of nitrogens with one attached hydrogen (secondary N) is 1. The third-order valence-corrected chi connectivity index (χ3v) is 3.75. The molecule has 1 atom stereocenters. The molecular weight excluding hydrogens is 264 g/mol. The second-order valence-corrected chi connectivity index (χ2v) is 5.34. The molecule has 1 aliphatic heterocycles. The summed E-state index contributed by atoms with van der Waals surface area (Å²) in [5.41, 5.74) is 0.998. The van der Waals surface area contributed by atoms with E-state index >= 15 is 0 Å². The van der Waals surface area contributed by atoms with Crippen molar-refractivity contribution in [3.05, 3.63) is 36.0 Å². The topological polar surface area (TPSA) is 66.8 Å². The SMILES string of the molecule is CNc1cc(C)nc([C@@H]2CCCN(c3ncccn3)C2)n1. The Morgan fingerprint density at radius 2 is 2.05 bits per heavy atom. The lowest BCUT2D eigenvalue weighted by atomic mass is 9.97. The highest BCUT2D eigenvalue weighted by Crippen LogP contribution is 2.27. The first-order valence-electron chi connectivity index (χ1n) is 7.31. The quantitative estimate of drug-likeness (QED) is 0.930. The third kappa shape index (κ3) is 3.09. The molecule has 0 radical (unpaired) electrons. The van der Waals surface area contributed by atoms with E-state index in [1.54, 1.807) is 12.4 Å². The number of hydrogen-bond acceptors (Lipinski definition) is 6. The van der Waals surface area contributed by atoms with Gasteiger partial charge in [0.15, 0.2) is 0 Å². The highest BCUT2D eigenvalue weighted by atomic mass is 15.3. The van der Waals surface area contributed by atoms with Crippen molar-refractivity contribution in [2.24, 2.45) is 0 Å². The van der Waals surface area contributed by atoms with Crippen LogP contribution in [0.25, 0.3) is 0 Å². The van der Waals surface area contributed by atoms with Gasteiger partial charge in [-0.3, -0.25) is 0 Å². The minimum Gasteiger partial charge on any atom is -0.373 e. The fraction of sp³-hybridized carbons (Fsp3) is 0.467. The number of aryl methyl sites for hydroxylation is 1. The van der Waals surface area contributed by atoms with Crippen molar-refractivity contribution in [2.75, 3.05) is 30.4 Å². The molecule has 3 rings (SSSR count). The van der Waals surface area contributed by atoms with Crippen molar-refractivity contribution in [3.8, 4) is 0 Å². The molecule has 0 spiro atoms. The van der Waals surface area contributed by atoms with Crippen molar-refractivity contribution in [2.45, 2.75) is 25.7 Å². The number of aromatic nitrogens is 4.